The molecule has 3 heterocycles. The molecule has 0 bridgehead atoms. The van der Waals surface area contributed by atoms with Gasteiger partial charge >= 0.3 is 0 Å². The molecule has 2 saturated heterocycles. The van der Waals surface area contributed by atoms with Gasteiger partial charge in [-0.1, -0.05) is 37.3 Å². The average molecular weight is 544 g/mol. The van der Waals surface area contributed by atoms with Crippen molar-refractivity contribution in [3.05, 3.63) is 71.9 Å². The van der Waals surface area contributed by atoms with Gasteiger partial charge in [0.1, 0.15) is 17.3 Å². The van der Waals surface area contributed by atoms with Crippen LogP contribution in [0.5, 0.6) is 0 Å². The van der Waals surface area contributed by atoms with Gasteiger partial charge in [0.25, 0.3) is 5.91 Å². The maximum Gasteiger partial charge on any atom is 0.264 e. The van der Waals surface area contributed by atoms with Crippen LogP contribution < -0.4 is 0 Å². The van der Waals surface area contributed by atoms with Crippen molar-refractivity contribution in [2.75, 3.05) is 26.2 Å². The van der Waals surface area contributed by atoms with Crippen LogP contribution in [0.3, 0.4) is 0 Å². The summed E-state index contributed by atoms with van der Waals surface area (Å²) in [4.78, 5) is 15.1. The first kappa shape index (κ1) is 26.9. The molecule has 8 nitrogen and oxygen atoms in total. The predicted molar refractivity (Wildman–Crippen MR) is 150 cm³/mol. The lowest BCUT2D eigenvalue weighted by atomic mass is 10.0. The lowest BCUT2D eigenvalue weighted by Gasteiger charge is -2.29. The van der Waals surface area contributed by atoms with Crippen LogP contribution in [0.15, 0.2) is 71.3 Å². The van der Waals surface area contributed by atoms with Gasteiger partial charge in [-0.3, -0.25) is 4.79 Å². The Bertz CT molecular complexity index is 1510. The van der Waals surface area contributed by atoms with Gasteiger partial charge in [0.15, 0.2) is 0 Å². The highest BCUT2D eigenvalue weighted by molar-refractivity contribution is 7.89. The predicted octanol–water partition coefficient (Wildman–Crippen LogP) is 4.88. The molecule has 0 spiro atoms. The maximum atomic E-state index is 13.5. The van der Waals surface area contributed by atoms with E-state index in [9.17, 15) is 18.5 Å². The van der Waals surface area contributed by atoms with E-state index in [2.05, 4.69) is 13.0 Å². The highest BCUT2D eigenvalue weighted by Gasteiger charge is 2.29. The molecule has 39 heavy (non-hydrogen) atoms. The zero-order chi connectivity index (χ0) is 27.4. The van der Waals surface area contributed by atoms with E-state index < -0.39 is 10.0 Å². The van der Waals surface area contributed by atoms with Gasteiger partial charge in [0, 0.05) is 43.5 Å². The van der Waals surface area contributed by atoms with Crippen LogP contribution in [-0.4, -0.2) is 59.5 Å². The third-order valence-electron chi connectivity index (χ3n) is 7.55. The van der Waals surface area contributed by atoms with E-state index in [-0.39, 0.29) is 16.4 Å². The molecule has 0 aliphatic carbocycles. The van der Waals surface area contributed by atoms with E-state index in [4.69, 9.17) is 5.10 Å². The summed E-state index contributed by atoms with van der Waals surface area (Å²) in [5.41, 5.74) is 2.53. The molecule has 0 unspecified atom stereocenters. The van der Waals surface area contributed by atoms with Crippen LogP contribution in [-0.2, 0) is 14.8 Å². The van der Waals surface area contributed by atoms with Crippen LogP contribution in [0.2, 0.25) is 0 Å². The fourth-order valence-electron chi connectivity index (χ4n) is 5.17. The normalized spacial score (nSPS) is 17.6. The van der Waals surface area contributed by atoms with Gasteiger partial charge in [-0.25, -0.2) is 13.1 Å². The lowest BCUT2D eigenvalue weighted by Crippen LogP contribution is -2.37. The summed E-state index contributed by atoms with van der Waals surface area (Å²) in [5.74, 6) is 0.229. The number of para-hydroxylation sites is 1. The van der Waals surface area contributed by atoms with E-state index in [0.717, 1.165) is 37.8 Å². The number of amides is 1. The molecule has 2 fully saturated rings. The molecule has 2 aliphatic rings. The Labute approximate surface area is 230 Å². The topological polar surface area (TPSA) is 99.3 Å². The van der Waals surface area contributed by atoms with Crippen molar-refractivity contribution in [1.29, 1.82) is 5.26 Å². The summed E-state index contributed by atoms with van der Waals surface area (Å²) in [6.45, 7) is 4.45. The highest BCUT2D eigenvalue weighted by atomic mass is 32.2. The molecule has 2 aromatic carbocycles. The molecular weight excluding hydrogens is 510 g/mol. The molecule has 3 aromatic rings. The molecule has 2 aliphatic heterocycles. The second kappa shape index (κ2) is 11.6. The van der Waals surface area contributed by atoms with Crippen LogP contribution in [0.1, 0.15) is 44.6 Å². The minimum atomic E-state index is -3.66. The number of rotatable bonds is 6. The van der Waals surface area contributed by atoms with Gasteiger partial charge in [-0.05, 0) is 68.4 Å². The van der Waals surface area contributed by atoms with Crippen molar-refractivity contribution in [1.82, 2.24) is 19.0 Å². The number of hydrogen-bond donors (Lipinski definition) is 0. The molecular formula is C30H33N5O3S. The summed E-state index contributed by atoms with van der Waals surface area (Å²) in [7, 11) is -3.66. The number of carbonyl (C=O) groups is 1. The van der Waals surface area contributed by atoms with Crippen LogP contribution in [0, 0.1) is 17.2 Å². The molecule has 0 N–H and O–H groups in total. The lowest BCUT2D eigenvalue weighted by molar-refractivity contribution is -0.127. The molecule has 202 valence electrons. The number of nitriles is 1. The van der Waals surface area contributed by atoms with Crippen LogP contribution in [0.25, 0.3) is 23.0 Å². The Morgan fingerprint density at radius 3 is 2.41 bits per heavy atom. The van der Waals surface area contributed by atoms with Gasteiger partial charge in [-0.2, -0.15) is 14.7 Å². The number of likely N-dealkylation sites (tertiary alicyclic amines) is 1. The summed E-state index contributed by atoms with van der Waals surface area (Å²) in [5, 5.41) is 14.7. The van der Waals surface area contributed by atoms with Crippen LogP contribution in [0.4, 0.5) is 0 Å². The molecule has 5 rings (SSSR count). The number of benzene rings is 2. The van der Waals surface area contributed by atoms with E-state index in [1.54, 1.807) is 44.4 Å². The number of carbonyl (C=O) groups excluding carboxylic acids is 1. The van der Waals surface area contributed by atoms with Gasteiger partial charge in [-0.15, -0.1) is 0 Å². The monoisotopic (exact) mass is 543 g/mol. The Balaban J connectivity index is 1.56. The van der Waals surface area contributed by atoms with Crippen molar-refractivity contribution in [2.24, 2.45) is 5.92 Å². The molecule has 0 radical (unpaired) electrons. The smallest absolute Gasteiger partial charge is 0.264 e. The van der Waals surface area contributed by atoms with Crippen molar-refractivity contribution < 1.29 is 13.2 Å². The highest BCUT2D eigenvalue weighted by Crippen LogP contribution is 2.30. The van der Waals surface area contributed by atoms with Gasteiger partial charge < -0.3 is 4.90 Å². The zero-order valence-electron chi connectivity index (χ0n) is 22.2. The van der Waals surface area contributed by atoms with E-state index >= 15 is 0 Å². The number of nitrogens with zero attached hydrogens (tertiary/aromatic N) is 5. The molecule has 0 atom stereocenters. The summed E-state index contributed by atoms with van der Waals surface area (Å²) >= 11 is 0. The van der Waals surface area contributed by atoms with Crippen molar-refractivity contribution in [3.63, 3.8) is 0 Å². The van der Waals surface area contributed by atoms with Crippen molar-refractivity contribution in [3.8, 4) is 23.0 Å². The fourth-order valence-corrected chi connectivity index (χ4v) is 6.69. The second-order valence-corrected chi connectivity index (χ2v) is 12.3. The summed E-state index contributed by atoms with van der Waals surface area (Å²) in [6, 6.07) is 18.4. The number of piperidine rings is 2. The first-order valence-electron chi connectivity index (χ1n) is 13.5. The minimum absolute atomic E-state index is 0.0389. The van der Waals surface area contributed by atoms with Gasteiger partial charge in [0.2, 0.25) is 10.0 Å². The van der Waals surface area contributed by atoms with E-state index in [1.807, 2.05) is 36.4 Å². The second-order valence-electron chi connectivity index (χ2n) is 10.4. The van der Waals surface area contributed by atoms with Gasteiger partial charge in [0.05, 0.1) is 10.6 Å². The zero-order valence-corrected chi connectivity index (χ0v) is 23.0. The summed E-state index contributed by atoms with van der Waals surface area (Å²) < 4.78 is 30.2. The molecule has 1 amide bonds. The van der Waals surface area contributed by atoms with Crippen molar-refractivity contribution >= 4 is 22.0 Å². The average Bonchev–Trinajstić information content (AvgIpc) is 3.41. The third kappa shape index (κ3) is 5.82. The Hall–Kier alpha value is -3.74. The maximum absolute atomic E-state index is 13.5. The largest absolute Gasteiger partial charge is 0.338 e. The molecule has 1 aromatic heterocycles. The number of hydrogen-bond acceptors (Lipinski definition) is 5. The molecule has 9 heteroatoms. The SMILES string of the molecule is CC1CCN(S(=O)(=O)c2cccc(-c3nn(-c4ccccc4)cc3/C=C(/C#N)C(=O)N3CCCCC3)c2)CC1. The van der Waals surface area contributed by atoms with E-state index in [1.165, 1.54) is 0 Å². The van der Waals surface area contributed by atoms with Crippen LogP contribution >= 0.6 is 0 Å². The summed E-state index contributed by atoms with van der Waals surface area (Å²) in [6.07, 6.45) is 7.98. The fraction of sp³-hybridized carbons (Fsp3) is 0.367. The third-order valence-corrected chi connectivity index (χ3v) is 9.44. The Kier molecular flexibility index (Phi) is 7.96. The number of sulfonamides is 1. The first-order chi connectivity index (χ1) is 18.9. The Morgan fingerprint density at radius 2 is 1.72 bits per heavy atom. The first-order valence-corrected chi connectivity index (χ1v) is 15.0. The minimum Gasteiger partial charge on any atom is -0.338 e. The van der Waals surface area contributed by atoms with E-state index in [0.29, 0.717) is 48.9 Å². The van der Waals surface area contributed by atoms with Crippen molar-refractivity contribution in [2.45, 2.75) is 43.9 Å². The quantitative estimate of drug-likeness (QED) is 0.326. The molecule has 0 saturated carbocycles. The number of aromatic nitrogens is 2. The standard InChI is InChI=1S/C30H33N5O3S/c1-23-13-17-34(18-14-23)39(37,38)28-12-8-9-24(20-28)29-26(22-35(32-29)27-10-4-2-5-11-27)19-25(21-31)30(36)33-15-6-3-7-16-33/h2,4-5,8-12,19-20,22-23H,3,6-7,13-18H2,1H3/b25-19-. The Morgan fingerprint density at radius 1 is 1.00 bits per heavy atom.